The molecular formula is C16H36N2O6. The van der Waals surface area contributed by atoms with E-state index in [-0.39, 0.29) is 42.8 Å². The van der Waals surface area contributed by atoms with E-state index >= 15 is 0 Å². The molecule has 0 rings (SSSR count). The molecule has 8 heteroatoms. The first-order chi connectivity index (χ1) is 9.23. The third-order valence-electron chi connectivity index (χ3n) is 2.15. The zero-order chi connectivity index (χ0) is 15.7. The predicted molar refractivity (Wildman–Crippen MR) is 95.4 cm³/mol. The first-order valence-corrected chi connectivity index (χ1v) is 6.14. The molecule has 0 saturated heterocycles. The number of hydrogen-bond acceptors (Lipinski definition) is 6. The average Bonchev–Trinajstić information content (AvgIpc) is 2.32. The van der Waals surface area contributed by atoms with Crippen molar-refractivity contribution in [2.75, 3.05) is 13.1 Å². The van der Waals surface area contributed by atoms with Gasteiger partial charge in [-0.25, -0.2) is 0 Å². The second-order valence-corrected chi connectivity index (χ2v) is 4.09. The van der Waals surface area contributed by atoms with Crippen molar-refractivity contribution in [3.8, 4) is 0 Å². The molecule has 0 aliphatic carbocycles. The molecular weight excluding hydrogens is 316 g/mol. The summed E-state index contributed by atoms with van der Waals surface area (Å²) in [7, 11) is 0. The van der Waals surface area contributed by atoms with Gasteiger partial charge in [0, 0.05) is 26.9 Å². The molecule has 0 radical (unpaired) electrons. The van der Waals surface area contributed by atoms with Crippen molar-refractivity contribution in [1.82, 2.24) is 10.6 Å². The molecule has 0 aliphatic heterocycles. The number of ether oxygens (including phenoxy) is 2. The van der Waals surface area contributed by atoms with E-state index in [1.165, 1.54) is 27.7 Å². The van der Waals surface area contributed by atoms with E-state index in [1.54, 1.807) is 0 Å². The number of hydrogen-bond donors (Lipinski definition) is 2. The fraction of sp³-hybridized carbons (Fsp3) is 0.750. The Morgan fingerprint density at radius 1 is 0.708 bits per heavy atom. The van der Waals surface area contributed by atoms with E-state index < -0.39 is 36.0 Å². The van der Waals surface area contributed by atoms with Crippen LogP contribution in [0.5, 0.6) is 0 Å². The number of carbonyl (C=O) groups excluding carboxylic acids is 4. The topological polar surface area (TPSA) is 111 Å². The predicted octanol–water partition coefficient (Wildman–Crippen LogP) is 1.67. The lowest BCUT2D eigenvalue weighted by Crippen LogP contribution is -2.42. The van der Waals surface area contributed by atoms with Crippen LogP contribution >= 0.6 is 0 Å². The number of esters is 2. The van der Waals surface area contributed by atoms with Crippen LogP contribution in [0, 0.1) is 0 Å². The van der Waals surface area contributed by atoms with Crippen molar-refractivity contribution >= 4 is 23.8 Å². The molecule has 0 heterocycles. The minimum absolute atomic E-state index is 0. The summed E-state index contributed by atoms with van der Waals surface area (Å²) >= 11 is 0. The van der Waals surface area contributed by atoms with Crippen LogP contribution in [0.2, 0.25) is 0 Å². The van der Waals surface area contributed by atoms with Crippen LogP contribution in [0.15, 0.2) is 0 Å². The number of nitrogens with one attached hydrogen (secondary N) is 2. The van der Waals surface area contributed by atoms with Gasteiger partial charge in [0.25, 0.3) is 11.8 Å². The van der Waals surface area contributed by atoms with Crippen molar-refractivity contribution in [2.24, 2.45) is 0 Å². The minimum atomic E-state index is -0.886. The molecule has 2 amide bonds. The Labute approximate surface area is 146 Å². The van der Waals surface area contributed by atoms with Crippen LogP contribution in [-0.2, 0) is 28.7 Å². The SMILES string of the molecule is C.C.C.C.CC(=O)OC(C)C(=O)NCCNC(=O)C(C)OC(C)=O. The molecule has 146 valence electrons. The van der Waals surface area contributed by atoms with Gasteiger partial charge in [0.05, 0.1) is 0 Å². The second-order valence-electron chi connectivity index (χ2n) is 4.09. The van der Waals surface area contributed by atoms with Gasteiger partial charge in [-0.1, -0.05) is 29.7 Å². The Kier molecular flexibility index (Phi) is 24.0. The summed E-state index contributed by atoms with van der Waals surface area (Å²) in [5.41, 5.74) is 0. The standard InChI is InChI=1S/C12H20N2O6.4CH4/c1-7(19-9(3)15)11(17)13-5-6-14-12(18)8(2)20-10(4)16;;;;/h7-8H,5-6H2,1-4H3,(H,13,17)(H,14,18);4*1H4. The number of carbonyl (C=O) groups is 4. The van der Waals surface area contributed by atoms with Gasteiger partial charge < -0.3 is 20.1 Å². The fourth-order valence-corrected chi connectivity index (χ4v) is 1.26. The molecule has 0 bridgehead atoms. The highest BCUT2D eigenvalue weighted by atomic mass is 16.5. The van der Waals surface area contributed by atoms with E-state index in [2.05, 4.69) is 20.1 Å². The lowest BCUT2D eigenvalue weighted by atomic mass is 10.3. The largest absolute Gasteiger partial charge is 0.453 e. The van der Waals surface area contributed by atoms with E-state index in [9.17, 15) is 19.2 Å². The Morgan fingerprint density at radius 2 is 0.958 bits per heavy atom. The lowest BCUT2D eigenvalue weighted by molar-refractivity contribution is -0.153. The van der Waals surface area contributed by atoms with Crippen molar-refractivity contribution in [1.29, 1.82) is 0 Å². The normalized spacial score (nSPS) is 10.7. The summed E-state index contributed by atoms with van der Waals surface area (Å²) in [5, 5.41) is 4.97. The second kappa shape index (κ2) is 17.2. The highest BCUT2D eigenvalue weighted by Crippen LogP contribution is 1.92. The summed E-state index contributed by atoms with van der Waals surface area (Å²) < 4.78 is 9.35. The minimum Gasteiger partial charge on any atom is -0.453 e. The van der Waals surface area contributed by atoms with Crippen molar-refractivity contribution in [3.05, 3.63) is 0 Å². The fourth-order valence-electron chi connectivity index (χ4n) is 1.26. The van der Waals surface area contributed by atoms with Crippen molar-refractivity contribution in [2.45, 2.75) is 69.6 Å². The van der Waals surface area contributed by atoms with Gasteiger partial charge in [-0.2, -0.15) is 0 Å². The Morgan fingerprint density at radius 3 is 1.17 bits per heavy atom. The lowest BCUT2D eigenvalue weighted by Gasteiger charge is -2.14. The number of rotatable bonds is 7. The van der Waals surface area contributed by atoms with Gasteiger partial charge in [0.15, 0.2) is 12.2 Å². The van der Waals surface area contributed by atoms with Crippen LogP contribution in [-0.4, -0.2) is 49.1 Å². The van der Waals surface area contributed by atoms with Crippen LogP contribution < -0.4 is 10.6 Å². The Bertz CT molecular complexity index is 349. The van der Waals surface area contributed by atoms with Crippen LogP contribution in [0.3, 0.4) is 0 Å². The summed E-state index contributed by atoms with van der Waals surface area (Å²) in [6, 6.07) is 0. The summed E-state index contributed by atoms with van der Waals surface area (Å²) in [4.78, 5) is 44.1. The van der Waals surface area contributed by atoms with Crippen molar-refractivity contribution < 1.29 is 28.7 Å². The van der Waals surface area contributed by atoms with Crippen molar-refractivity contribution in [3.63, 3.8) is 0 Å². The highest BCUT2D eigenvalue weighted by Gasteiger charge is 2.16. The van der Waals surface area contributed by atoms with Crippen LogP contribution in [0.25, 0.3) is 0 Å². The molecule has 0 aromatic rings. The first-order valence-electron chi connectivity index (χ1n) is 6.14. The smallest absolute Gasteiger partial charge is 0.303 e. The van der Waals surface area contributed by atoms with Crippen LogP contribution in [0.4, 0.5) is 0 Å². The summed E-state index contributed by atoms with van der Waals surface area (Å²) in [6.07, 6.45) is -1.77. The average molecular weight is 352 g/mol. The zero-order valence-corrected chi connectivity index (χ0v) is 12.0. The monoisotopic (exact) mass is 352 g/mol. The molecule has 0 aromatic heterocycles. The highest BCUT2D eigenvalue weighted by molar-refractivity contribution is 5.84. The molecule has 24 heavy (non-hydrogen) atoms. The molecule has 2 unspecified atom stereocenters. The molecule has 0 spiro atoms. The number of amides is 2. The van der Waals surface area contributed by atoms with Gasteiger partial charge in [-0.3, -0.25) is 19.2 Å². The Hall–Kier alpha value is -2.12. The summed E-state index contributed by atoms with van der Waals surface area (Å²) in [6.45, 7) is 5.64. The Balaban J connectivity index is -0.000000301. The van der Waals surface area contributed by atoms with E-state index in [4.69, 9.17) is 0 Å². The van der Waals surface area contributed by atoms with Gasteiger partial charge >= 0.3 is 11.9 Å². The van der Waals surface area contributed by atoms with E-state index in [1.807, 2.05) is 0 Å². The molecule has 2 atom stereocenters. The quantitative estimate of drug-likeness (QED) is 0.532. The zero-order valence-electron chi connectivity index (χ0n) is 12.0. The van der Waals surface area contributed by atoms with E-state index in [0.29, 0.717) is 0 Å². The third-order valence-corrected chi connectivity index (χ3v) is 2.15. The maximum atomic E-state index is 11.4. The van der Waals surface area contributed by atoms with Gasteiger partial charge in [-0.15, -0.1) is 0 Å². The van der Waals surface area contributed by atoms with Crippen LogP contribution in [0.1, 0.15) is 57.4 Å². The molecule has 0 saturated carbocycles. The molecule has 8 nitrogen and oxygen atoms in total. The summed E-state index contributed by atoms with van der Waals surface area (Å²) in [5.74, 6) is -2.00. The van der Waals surface area contributed by atoms with E-state index in [0.717, 1.165) is 0 Å². The van der Waals surface area contributed by atoms with Gasteiger partial charge in [0.1, 0.15) is 0 Å². The maximum Gasteiger partial charge on any atom is 0.303 e. The molecule has 0 aromatic carbocycles. The molecule has 0 fully saturated rings. The maximum absolute atomic E-state index is 11.4. The van der Waals surface area contributed by atoms with Gasteiger partial charge in [0.2, 0.25) is 0 Å². The molecule has 0 aliphatic rings. The van der Waals surface area contributed by atoms with Gasteiger partial charge in [-0.05, 0) is 13.8 Å². The first kappa shape index (κ1) is 33.5. The molecule has 2 N–H and O–H groups in total. The third kappa shape index (κ3) is 16.3.